The summed E-state index contributed by atoms with van der Waals surface area (Å²) >= 11 is 3.51. The number of benzene rings is 1. The number of carbonyl (C=O) groups excluding carboxylic acids is 1. The summed E-state index contributed by atoms with van der Waals surface area (Å²) in [5, 5.41) is 0. The Hall–Kier alpha value is -1.23. The fourth-order valence-electron chi connectivity index (χ4n) is 2.76. The standard InChI is InChI=1S/C17H24BrNO3/c1-6-12-8-7-11-9-13(18)15(21-5)10-14(11)19(12)16(20)22-17(2,3)4/h9-10,12H,6-8H2,1-5H3. The van der Waals surface area contributed by atoms with E-state index in [9.17, 15) is 4.79 Å². The van der Waals surface area contributed by atoms with Gasteiger partial charge in [0.05, 0.1) is 17.3 Å². The third kappa shape index (κ3) is 3.57. The lowest BCUT2D eigenvalue weighted by Crippen LogP contribution is -2.46. The van der Waals surface area contributed by atoms with Gasteiger partial charge < -0.3 is 9.47 Å². The first kappa shape index (κ1) is 17.1. The molecule has 0 spiro atoms. The van der Waals surface area contributed by atoms with Crippen molar-refractivity contribution in [1.29, 1.82) is 0 Å². The van der Waals surface area contributed by atoms with Gasteiger partial charge in [-0.1, -0.05) is 6.92 Å². The molecule has 0 bridgehead atoms. The number of carbonyl (C=O) groups is 1. The average molecular weight is 370 g/mol. The number of aryl methyl sites for hydroxylation is 1. The Morgan fingerprint density at radius 2 is 2.09 bits per heavy atom. The minimum atomic E-state index is -0.508. The Morgan fingerprint density at radius 3 is 2.64 bits per heavy atom. The maximum absolute atomic E-state index is 12.7. The van der Waals surface area contributed by atoms with Crippen LogP contribution in [0.4, 0.5) is 10.5 Å². The zero-order valence-electron chi connectivity index (χ0n) is 13.9. The Kier molecular flexibility index (Phi) is 5.05. The van der Waals surface area contributed by atoms with Crippen molar-refractivity contribution < 1.29 is 14.3 Å². The number of rotatable bonds is 2. The summed E-state index contributed by atoms with van der Waals surface area (Å²) in [6.07, 6.45) is 2.51. The highest BCUT2D eigenvalue weighted by Crippen LogP contribution is 2.39. The first-order valence-corrected chi connectivity index (χ1v) is 8.44. The van der Waals surface area contributed by atoms with Crippen molar-refractivity contribution in [3.05, 3.63) is 22.2 Å². The van der Waals surface area contributed by atoms with Gasteiger partial charge in [-0.25, -0.2) is 4.79 Å². The van der Waals surface area contributed by atoms with Gasteiger partial charge >= 0.3 is 6.09 Å². The van der Waals surface area contributed by atoms with E-state index in [1.807, 2.05) is 32.9 Å². The predicted molar refractivity (Wildman–Crippen MR) is 91.8 cm³/mol. The van der Waals surface area contributed by atoms with E-state index in [0.717, 1.165) is 40.7 Å². The van der Waals surface area contributed by atoms with Crippen LogP contribution in [0.25, 0.3) is 0 Å². The van der Waals surface area contributed by atoms with Gasteiger partial charge in [-0.05, 0) is 67.6 Å². The molecule has 0 saturated heterocycles. The Bertz CT molecular complexity index is 566. The van der Waals surface area contributed by atoms with Crippen molar-refractivity contribution in [3.63, 3.8) is 0 Å². The van der Waals surface area contributed by atoms with E-state index in [0.29, 0.717) is 0 Å². The summed E-state index contributed by atoms with van der Waals surface area (Å²) < 4.78 is 11.9. The first-order valence-electron chi connectivity index (χ1n) is 7.65. The first-order chi connectivity index (χ1) is 10.3. The summed E-state index contributed by atoms with van der Waals surface area (Å²) in [7, 11) is 1.63. The van der Waals surface area contributed by atoms with Crippen LogP contribution in [0.15, 0.2) is 16.6 Å². The third-order valence-electron chi connectivity index (χ3n) is 3.79. The summed E-state index contributed by atoms with van der Waals surface area (Å²) in [5.41, 5.74) is 1.53. The topological polar surface area (TPSA) is 38.8 Å². The molecular weight excluding hydrogens is 346 g/mol. The number of hydrogen-bond donors (Lipinski definition) is 0. The van der Waals surface area contributed by atoms with E-state index in [1.54, 1.807) is 12.0 Å². The van der Waals surface area contributed by atoms with Gasteiger partial charge in [-0.2, -0.15) is 0 Å². The van der Waals surface area contributed by atoms with Gasteiger partial charge in [0.25, 0.3) is 0 Å². The second-order valence-electron chi connectivity index (χ2n) is 6.57. The van der Waals surface area contributed by atoms with Crippen LogP contribution in [0.5, 0.6) is 5.75 Å². The fraction of sp³-hybridized carbons (Fsp3) is 0.588. The second kappa shape index (κ2) is 6.49. The van der Waals surface area contributed by atoms with Crippen molar-refractivity contribution in [3.8, 4) is 5.75 Å². The van der Waals surface area contributed by atoms with Crippen LogP contribution in [-0.4, -0.2) is 24.8 Å². The van der Waals surface area contributed by atoms with Gasteiger partial charge in [0, 0.05) is 12.1 Å². The maximum Gasteiger partial charge on any atom is 0.415 e. The monoisotopic (exact) mass is 369 g/mol. The largest absolute Gasteiger partial charge is 0.495 e. The number of hydrogen-bond acceptors (Lipinski definition) is 3. The van der Waals surface area contributed by atoms with E-state index >= 15 is 0 Å². The Morgan fingerprint density at radius 1 is 1.41 bits per heavy atom. The molecule has 0 saturated carbocycles. The molecule has 1 atom stereocenters. The molecular formula is C17H24BrNO3. The zero-order chi connectivity index (χ0) is 16.5. The van der Waals surface area contributed by atoms with E-state index in [1.165, 1.54) is 0 Å². The summed E-state index contributed by atoms with van der Waals surface area (Å²) in [6.45, 7) is 7.76. The number of anilines is 1. The SMILES string of the molecule is CCC1CCc2cc(Br)c(OC)cc2N1C(=O)OC(C)(C)C. The van der Waals surface area contributed by atoms with Crippen LogP contribution in [0, 0.1) is 0 Å². The number of ether oxygens (including phenoxy) is 2. The van der Waals surface area contributed by atoms with Crippen molar-refractivity contribution in [2.45, 2.75) is 58.6 Å². The van der Waals surface area contributed by atoms with Crippen molar-refractivity contribution in [2.75, 3.05) is 12.0 Å². The predicted octanol–water partition coefficient (Wildman–Crippen LogP) is 4.92. The minimum Gasteiger partial charge on any atom is -0.495 e. The Labute approximate surface area is 140 Å². The van der Waals surface area contributed by atoms with Crippen LogP contribution in [-0.2, 0) is 11.2 Å². The summed E-state index contributed by atoms with van der Waals surface area (Å²) in [5.74, 6) is 0.726. The highest BCUT2D eigenvalue weighted by Gasteiger charge is 2.33. The molecule has 0 radical (unpaired) electrons. The summed E-state index contributed by atoms with van der Waals surface area (Å²) in [4.78, 5) is 14.5. The van der Waals surface area contributed by atoms with E-state index in [4.69, 9.17) is 9.47 Å². The number of halogens is 1. The van der Waals surface area contributed by atoms with Gasteiger partial charge in [0.2, 0.25) is 0 Å². The van der Waals surface area contributed by atoms with Gasteiger partial charge in [-0.3, -0.25) is 4.90 Å². The van der Waals surface area contributed by atoms with Crippen molar-refractivity contribution >= 4 is 27.7 Å². The zero-order valence-corrected chi connectivity index (χ0v) is 15.5. The van der Waals surface area contributed by atoms with E-state index in [-0.39, 0.29) is 12.1 Å². The smallest absolute Gasteiger partial charge is 0.415 e. The molecule has 1 amide bonds. The third-order valence-corrected chi connectivity index (χ3v) is 4.41. The summed E-state index contributed by atoms with van der Waals surface area (Å²) in [6, 6.07) is 4.12. The van der Waals surface area contributed by atoms with Crippen LogP contribution in [0.2, 0.25) is 0 Å². The van der Waals surface area contributed by atoms with Crippen LogP contribution in [0.1, 0.15) is 46.1 Å². The molecule has 4 nitrogen and oxygen atoms in total. The molecule has 1 aromatic rings. The Balaban J connectivity index is 2.45. The lowest BCUT2D eigenvalue weighted by Gasteiger charge is -2.38. The molecule has 0 fully saturated rings. The lowest BCUT2D eigenvalue weighted by atomic mass is 9.94. The minimum absolute atomic E-state index is 0.160. The van der Waals surface area contributed by atoms with Gasteiger partial charge in [-0.15, -0.1) is 0 Å². The molecule has 1 aromatic carbocycles. The number of fused-ring (bicyclic) bond motifs is 1. The molecule has 22 heavy (non-hydrogen) atoms. The van der Waals surface area contributed by atoms with E-state index < -0.39 is 5.60 Å². The average Bonchev–Trinajstić information content (AvgIpc) is 2.43. The molecule has 1 heterocycles. The normalized spacial score (nSPS) is 17.9. The molecule has 5 heteroatoms. The quantitative estimate of drug-likeness (QED) is 0.742. The molecule has 2 rings (SSSR count). The van der Waals surface area contributed by atoms with Crippen molar-refractivity contribution in [1.82, 2.24) is 0 Å². The molecule has 0 aromatic heterocycles. The van der Waals surface area contributed by atoms with Crippen LogP contribution in [0.3, 0.4) is 0 Å². The second-order valence-corrected chi connectivity index (χ2v) is 7.42. The van der Waals surface area contributed by atoms with E-state index in [2.05, 4.69) is 22.9 Å². The molecule has 0 aliphatic carbocycles. The number of methoxy groups -OCH3 is 1. The molecule has 122 valence electrons. The molecule has 1 aliphatic heterocycles. The molecule has 1 aliphatic rings. The fourth-order valence-corrected chi connectivity index (χ4v) is 3.31. The van der Waals surface area contributed by atoms with Crippen molar-refractivity contribution in [2.24, 2.45) is 0 Å². The molecule has 1 unspecified atom stereocenters. The maximum atomic E-state index is 12.7. The molecule has 0 N–H and O–H groups in total. The number of nitrogens with zero attached hydrogens (tertiary/aromatic N) is 1. The highest BCUT2D eigenvalue weighted by atomic mass is 79.9. The van der Waals surface area contributed by atoms with Crippen LogP contribution < -0.4 is 9.64 Å². The number of amides is 1. The van der Waals surface area contributed by atoms with Crippen LogP contribution >= 0.6 is 15.9 Å². The lowest BCUT2D eigenvalue weighted by molar-refractivity contribution is 0.0559. The highest BCUT2D eigenvalue weighted by molar-refractivity contribution is 9.10. The van der Waals surface area contributed by atoms with Gasteiger partial charge in [0.15, 0.2) is 0 Å². The van der Waals surface area contributed by atoms with Gasteiger partial charge in [0.1, 0.15) is 11.4 Å².